The molecule has 4 aromatic rings. The van der Waals surface area contributed by atoms with E-state index in [0.717, 1.165) is 16.2 Å². The van der Waals surface area contributed by atoms with Crippen LogP contribution in [0.2, 0.25) is 0 Å². The molecule has 0 aliphatic carbocycles. The molecule has 1 atom stereocenters. The average molecular weight is 322 g/mol. The van der Waals surface area contributed by atoms with E-state index >= 15 is 0 Å². The van der Waals surface area contributed by atoms with Crippen LogP contribution in [-0.4, -0.2) is 19.9 Å². The van der Waals surface area contributed by atoms with E-state index < -0.39 is 0 Å². The molecule has 1 unspecified atom stereocenters. The lowest BCUT2D eigenvalue weighted by Gasteiger charge is -2.09. The molecule has 114 valence electrons. The quantitative estimate of drug-likeness (QED) is 0.565. The van der Waals surface area contributed by atoms with Crippen LogP contribution in [0.15, 0.2) is 58.5 Å². The topological polar surface area (TPSA) is 74.4 Å². The van der Waals surface area contributed by atoms with E-state index in [1.54, 1.807) is 17.8 Å². The zero-order valence-electron chi connectivity index (χ0n) is 12.4. The third-order valence-electron chi connectivity index (χ3n) is 3.67. The largest absolute Gasteiger partial charge is 0.333 e. The number of thioether (sulfide) groups is 1. The Morgan fingerprint density at radius 2 is 1.70 bits per heavy atom. The second kappa shape index (κ2) is 5.55. The van der Waals surface area contributed by atoms with Crippen LogP contribution in [0.3, 0.4) is 0 Å². The number of benzene rings is 2. The molecule has 2 heterocycles. The SMILES string of the molecule is CC(Sc1nc2ccccc2[nH]1)c1nc2ccccc2c(=O)[nH]1. The Balaban J connectivity index is 1.68. The fourth-order valence-corrected chi connectivity index (χ4v) is 3.38. The second-order valence-electron chi connectivity index (χ2n) is 5.29. The maximum atomic E-state index is 12.2. The summed E-state index contributed by atoms with van der Waals surface area (Å²) in [6.45, 7) is 2.00. The van der Waals surface area contributed by atoms with Gasteiger partial charge in [0.2, 0.25) is 0 Å². The minimum Gasteiger partial charge on any atom is -0.333 e. The number of H-pyrrole nitrogens is 2. The predicted molar refractivity (Wildman–Crippen MR) is 92.7 cm³/mol. The molecule has 0 saturated carbocycles. The number of aromatic amines is 2. The van der Waals surface area contributed by atoms with Crippen LogP contribution >= 0.6 is 11.8 Å². The van der Waals surface area contributed by atoms with Gasteiger partial charge in [-0.3, -0.25) is 4.79 Å². The molecule has 0 saturated heterocycles. The molecule has 0 amide bonds. The van der Waals surface area contributed by atoms with Crippen LogP contribution in [0, 0.1) is 0 Å². The summed E-state index contributed by atoms with van der Waals surface area (Å²) >= 11 is 1.54. The monoisotopic (exact) mass is 322 g/mol. The van der Waals surface area contributed by atoms with Crippen LogP contribution in [-0.2, 0) is 0 Å². The van der Waals surface area contributed by atoms with E-state index in [2.05, 4.69) is 19.9 Å². The van der Waals surface area contributed by atoms with Gasteiger partial charge in [0.25, 0.3) is 5.56 Å². The van der Waals surface area contributed by atoms with Crippen molar-refractivity contribution in [3.05, 3.63) is 64.7 Å². The van der Waals surface area contributed by atoms with Crippen molar-refractivity contribution in [2.24, 2.45) is 0 Å². The number of aromatic nitrogens is 4. The van der Waals surface area contributed by atoms with Crippen molar-refractivity contribution >= 4 is 33.7 Å². The van der Waals surface area contributed by atoms with Gasteiger partial charge in [-0.25, -0.2) is 9.97 Å². The summed E-state index contributed by atoms with van der Waals surface area (Å²) in [5.74, 6) is 0.652. The Kier molecular flexibility index (Phi) is 3.38. The number of nitrogens with zero attached hydrogens (tertiary/aromatic N) is 2. The lowest BCUT2D eigenvalue weighted by molar-refractivity contribution is 0.914. The molecular weight excluding hydrogens is 308 g/mol. The molecule has 0 radical (unpaired) electrons. The van der Waals surface area contributed by atoms with Gasteiger partial charge in [0.05, 0.1) is 27.2 Å². The number of hydrogen-bond acceptors (Lipinski definition) is 4. The molecule has 2 aromatic carbocycles. The summed E-state index contributed by atoms with van der Waals surface area (Å²) in [6, 6.07) is 15.3. The highest BCUT2D eigenvalue weighted by atomic mass is 32.2. The van der Waals surface area contributed by atoms with E-state index in [-0.39, 0.29) is 10.8 Å². The molecule has 0 aliphatic heterocycles. The highest BCUT2D eigenvalue weighted by Crippen LogP contribution is 2.32. The van der Waals surface area contributed by atoms with E-state index in [0.29, 0.717) is 16.7 Å². The summed E-state index contributed by atoms with van der Waals surface area (Å²) in [4.78, 5) is 27.4. The zero-order chi connectivity index (χ0) is 15.8. The van der Waals surface area contributed by atoms with Gasteiger partial charge < -0.3 is 9.97 Å². The minimum atomic E-state index is -0.109. The summed E-state index contributed by atoms with van der Waals surface area (Å²) in [7, 11) is 0. The van der Waals surface area contributed by atoms with E-state index in [1.165, 1.54) is 0 Å². The molecule has 0 aliphatic rings. The van der Waals surface area contributed by atoms with Gasteiger partial charge in [0, 0.05) is 0 Å². The molecular formula is C17H14N4OS. The lowest BCUT2D eigenvalue weighted by Crippen LogP contribution is -2.12. The van der Waals surface area contributed by atoms with Crippen molar-refractivity contribution in [1.82, 2.24) is 19.9 Å². The predicted octanol–water partition coefficient (Wildman–Crippen LogP) is 3.65. The molecule has 6 heteroatoms. The van der Waals surface area contributed by atoms with Gasteiger partial charge in [-0.2, -0.15) is 0 Å². The maximum Gasteiger partial charge on any atom is 0.258 e. The van der Waals surface area contributed by atoms with Crippen molar-refractivity contribution in [3.63, 3.8) is 0 Å². The number of nitrogens with one attached hydrogen (secondary N) is 2. The molecule has 4 rings (SSSR count). The summed E-state index contributed by atoms with van der Waals surface area (Å²) < 4.78 is 0. The molecule has 0 fully saturated rings. The highest BCUT2D eigenvalue weighted by Gasteiger charge is 2.14. The van der Waals surface area contributed by atoms with Gasteiger partial charge in [-0.1, -0.05) is 36.0 Å². The summed E-state index contributed by atoms with van der Waals surface area (Å²) in [5.41, 5.74) is 2.54. The van der Waals surface area contributed by atoms with Crippen molar-refractivity contribution in [2.45, 2.75) is 17.3 Å². The van der Waals surface area contributed by atoms with Crippen molar-refractivity contribution in [3.8, 4) is 0 Å². The third kappa shape index (κ3) is 2.61. The lowest BCUT2D eigenvalue weighted by atomic mass is 10.2. The van der Waals surface area contributed by atoms with E-state index in [9.17, 15) is 4.79 Å². The Labute approximate surface area is 136 Å². The van der Waals surface area contributed by atoms with Gasteiger partial charge in [0.15, 0.2) is 5.16 Å². The average Bonchev–Trinajstić information content (AvgIpc) is 2.97. The van der Waals surface area contributed by atoms with E-state index in [1.807, 2.05) is 49.4 Å². The molecule has 0 bridgehead atoms. The Hall–Kier alpha value is -2.60. The van der Waals surface area contributed by atoms with Gasteiger partial charge >= 0.3 is 0 Å². The number of fused-ring (bicyclic) bond motifs is 2. The first kappa shape index (κ1) is 14.0. The number of hydrogen-bond donors (Lipinski definition) is 2. The number of imidazole rings is 1. The molecule has 0 spiro atoms. The van der Waals surface area contributed by atoms with Crippen LogP contribution in [0.25, 0.3) is 21.9 Å². The molecule has 2 aromatic heterocycles. The maximum absolute atomic E-state index is 12.2. The smallest absolute Gasteiger partial charge is 0.258 e. The fraction of sp³-hybridized carbons (Fsp3) is 0.118. The first-order valence-electron chi connectivity index (χ1n) is 7.31. The first-order chi connectivity index (χ1) is 11.2. The minimum absolute atomic E-state index is 0.0205. The Morgan fingerprint density at radius 3 is 2.52 bits per heavy atom. The number of para-hydroxylation sites is 3. The van der Waals surface area contributed by atoms with E-state index in [4.69, 9.17) is 0 Å². The van der Waals surface area contributed by atoms with Gasteiger partial charge in [-0.15, -0.1) is 0 Å². The van der Waals surface area contributed by atoms with Crippen LogP contribution < -0.4 is 5.56 Å². The van der Waals surface area contributed by atoms with Crippen molar-refractivity contribution < 1.29 is 0 Å². The van der Waals surface area contributed by atoms with Crippen LogP contribution in [0.4, 0.5) is 0 Å². The highest BCUT2D eigenvalue weighted by molar-refractivity contribution is 7.99. The van der Waals surface area contributed by atoms with Gasteiger partial charge in [0.1, 0.15) is 5.82 Å². The first-order valence-corrected chi connectivity index (χ1v) is 8.19. The number of rotatable bonds is 3. The second-order valence-corrected chi connectivity index (χ2v) is 6.62. The molecule has 2 N–H and O–H groups in total. The van der Waals surface area contributed by atoms with Gasteiger partial charge in [-0.05, 0) is 31.2 Å². The van der Waals surface area contributed by atoms with Crippen molar-refractivity contribution in [2.75, 3.05) is 0 Å². The Morgan fingerprint density at radius 1 is 0.957 bits per heavy atom. The standard InChI is InChI=1S/C17H14N4OS/c1-10(23-17-19-13-8-4-5-9-14(13)20-17)15-18-12-7-3-2-6-11(12)16(22)21-15/h2-10H,1H3,(H,19,20)(H,18,21,22). The van der Waals surface area contributed by atoms with Crippen LogP contribution in [0.5, 0.6) is 0 Å². The molecule has 5 nitrogen and oxygen atoms in total. The third-order valence-corrected chi connectivity index (χ3v) is 4.67. The van der Waals surface area contributed by atoms with Crippen molar-refractivity contribution in [1.29, 1.82) is 0 Å². The normalized spacial score (nSPS) is 12.7. The fourth-order valence-electron chi connectivity index (χ4n) is 2.51. The zero-order valence-corrected chi connectivity index (χ0v) is 13.2. The molecule has 23 heavy (non-hydrogen) atoms. The Bertz CT molecular complexity index is 1020. The van der Waals surface area contributed by atoms with Crippen LogP contribution in [0.1, 0.15) is 18.0 Å². The summed E-state index contributed by atoms with van der Waals surface area (Å²) in [6.07, 6.45) is 0. The summed E-state index contributed by atoms with van der Waals surface area (Å²) in [5, 5.41) is 1.40.